The molecule has 0 atom stereocenters. The van der Waals surface area contributed by atoms with Gasteiger partial charge in [-0.1, -0.05) is 53.3 Å². The Morgan fingerprint density at radius 1 is 1.09 bits per heavy atom. The maximum absolute atomic E-state index is 14.0. The average molecular weight is 308 g/mol. The van der Waals surface area contributed by atoms with Gasteiger partial charge in [-0.3, -0.25) is 0 Å². The third-order valence-electron chi connectivity index (χ3n) is 3.56. The fourth-order valence-corrected chi connectivity index (χ4v) is 2.29. The Kier molecular flexibility index (Phi) is 4.30. The highest BCUT2D eigenvalue weighted by Gasteiger charge is 2.13. The van der Waals surface area contributed by atoms with Crippen LogP contribution < -0.4 is 5.73 Å². The van der Waals surface area contributed by atoms with Crippen molar-refractivity contribution in [3.8, 4) is 5.69 Å². The second-order valence-corrected chi connectivity index (χ2v) is 5.23. The minimum Gasteiger partial charge on any atom is -0.325 e. The van der Waals surface area contributed by atoms with Crippen LogP contribution in [0.3, 0.4) is 0 Å². The lowest BCUT2D eigenvalue weighted by atomic mass is 10.1. The summed E-state index contributed by atoms with van der Waals surface area (Å²) in [7, 11) is 0. The van der Waals surface area contributed by atoms with Crippen LogP contribution in [0.15, 0.2) is 48.5 Å². The van der Waals surface area contributed by atoms with Crippen molar-refractivity contribution in [1.82, 2.24) is 15.0 Å². The van der Waals surface area contributed by atoms with Crippen molar-refractivity contribution in [2.75, 3.05) is 0 Å². The number of aryl methyl sites for hydroxylation is 1. The molecule has 3 aromatic rings. The predicted octanol–water partition coefficient (Wildman–Crippen LogP) is 3.34. The molecule has 0 aliphatic rings. The molecular weight excluding hydrogens is 291 g/mol. The van der Waals surface area contributed by atoms with Crippen molar-refractivity contribution >= 4 is 12.2 Å². The quantitative estimate of drug-likeness (QED) is 0.804. The topological polar surface area (TPSA) is 56.7 Å². The first kappa shape index (κ1) is 15.1. The Morgan fingerprint density at radius 2 is 1.83 bits per heavy atom. The molecule has 0 fully saturated rings. The van der Waals surface area contributed by atoms with E-state index in [0.29, 0.717) is 17.1 Å². The van der Waals surface area contributed by atoms with Crippen molar-refractivity contribution in [3.63, 3.8) is 0 Å². The number of halogens is 1. The molecule has 0 saturated carbocycles. The molecule has 116 valence electrons. The van der Waals surface area contributed by atoms with Gasteiger partial charge in [0.1, 0.15) is 17.2 Å². The van der Waals surface area contributed by atoms with Crippen molar-refractivity contribution in [2.24, 2.45) is 5.73 Å². The van der Waals surface area contributed by atoms with Crippen LogP contribution in [0.25, 0.3) is 17.8 Å². The molecule has 2 N–H and O–H groups in total. The molecule has 0 unspecified atom stereocenters. The molecule has 4 nitrogen and oxygen atoms in total. The summed E-state index contributed by atoms with van der Waals surface area (Å²) in [6.07, 6.45) is 3.80. The van der Waals surface area contributed by atoms with Gasteiger partial charge in [-0.2, -0.15) is 0 Å². The first-order valence-electron chi connectivity index (χ1n) is 7.33. The van der Waals surface area contributed by atoms with Crippen LogP contribution in [0.1, 0.15) is 22.5 Å². The summed E-state index contributed by atoms with van der Waals surface area (Å²) in [4.78, 5) is 0. The Hall–Kier alpha value is -2.79. The third-order valence-corrected chi connectivity index (χ3v) is 3.56. The summed E-state index contributed by atoms with van der Waals surface area (Å²) in [5.41, 5.74) is 9.62. The van der Waals surface area contributed by atoms with E-state index in [0.717, 1.165) is 5.56 Å². The SMILES string of the molecule is Cc1ccc(/C=C/c2c(CN)nnn2-c2ccccc2F)cc1. The van der Waals surface area contributed by atoms with Gasteiger partial charge in [0.2, 0.25) is 0 Å². The van der Waals surface area contributed by atoms with Crippen LogP contribution in [0.5, 0.6) is 0 Å². The number of nitrogens with two attached hydrogens (primary N) is 1. The molecule has 0 saturated heterocycles. The van der Waals surface area contributed by atoms with Gasteiger partial charge < -0.3 is 5.73 Å². The van der Waals surface area contributed by atoms with Gasteiger partial charge in [0.25, 0.3) is 0 Å². The van der Waals surface area contributed by atoms with Crippen LogP contribution in [-0.2, 0) is 6.54 Å². The van der Waals surface area contributed by atoms with Crippen LogP contribution >= 0.6 is 0 Å². The number of hydrogen-bond acceptors (Lipinski definition) is 3. The van der Waals surface area contributed by atoms with Crippen LogP contribution in [-0.4, -0.2) is 15.0 Å². The van der Waals surface area contributed by atoms with Crippen molar-refractivity contribution < 1.29 is 4.39 Å². The third kappa shape index (κ3) is 3.19. The summed E-state index contributed by atoms with van der Waals surface area (Å²) in [6.45, 7) is 2.28. The van der Waals surface area contributed by atoms with Gasteiger partial charge in [-0.05, 0) is 30.7 Å². The molecule has 2 aromatic carbocycles. The summed E-state index contributed by atoms with van der Waals surface area (Å²) < 4.78 is 15.5. The predicted molar refractivity (Wildman–Crippen MR) is 89.3 cm³/mol. The summed E-state index contributed by atoms with van der Waals surface area (Å²) in [5, 5.41) is 8.09. The van der Waals surface area contributed by atoms with E-state index < -0.39 is 0 Å². The van der Waals surface area contributed by atoms with Gasteiger partial charge in [-0.15, -0.1) is 5.10 Å². The second kappa shape index (κ2) is 6.54. The number of rotatable bonds is 4. The fourth-order valence-electron chi connectivity index (χ4n) is 2.29. The second-order valence-electron chi connectivity index (χ2n) is 5.23. The monoisotopic (exact) mass is 308 g/mol. The molecule has 0 aliphatic heterocycles. The van der Waals surface area contributed by atoms with Crippen LogP contribution in [0.4, 0.5) is 4.39 Å². The van der Waals surface area contributed by atoms with Crippen molar-refractivity contribution in [1.29, 1.82) is 0 Å². The van der Waals surface area contributed by atoms with E-state index in [1.807, 2.05) is 43.3 Å². The molecule has 0 radical (unpaired) electrons. The minimum atomic E-state index is -0.356. The Morgan fingerprint density at radius 3 is 2.52 bits per heavy atom. The summed E-state index contributed by atoms with van der Waals surface area (Å²) in [5.74, 6) is -0.356. The van der Waals surface area contributed by atoms with E-state index in [9.17, 15) is 4.39 Å². The Labute approximate surface area is 134 Å². The van der Waals surface area contributed by atoms with Gasteiger partial charge in [0.15, 0.2) is 0 Å². The van der Waals surface area contributed by atoms with E-state index in [1.54, 1.807) is 18.2 Å². The lowest BCUT2D eigenvalue weighted by Crippen LogP contribution is -2.04. The van der Waals surface area contributed by atoms with Crippen molar-refractivity contribution in [3.05, 3.63) is 76.9 Å². The van der Waals surface area contributed by atoms with Crippen LogP contribution in [0.2, 0.25) is 0 Å². The molecule has 0 aliphatic carbocycles. The van der Waals surface area contributed by atoms with E-state index in [1.165, 1.54) is 16.3 Å². The van der Waals surface area contributed by atoms with Gasteiger partial charge >= 0.3 is 0 Å². The summed E-state index contributed by atoms with van der Waals surface area (Å²) in [6, 6.07) is 14.6. The van der Waals surface area contributed by atoms with E-state index >= 15 is 0 Å². The molecule has 0 amide bonds. The first-order chi connectivity index (χ1) is 11.2. The molecule has 0 spiro atoms. The zero-order valence-electron chi connectivity index (χ0n) is 12.8. The largest absolute Gasteiger partial charge is 0.325 e. The standard InChI is InChI=1S/C18H17FN4/c1-13-6-8-14(9-7-13)10-11-18-16(12-20)21-22-23(18)17-5-3-2-4-15(17)19/h2-11H,12,20H2,1H3/b11-10+. The van der Waals surface area contributed by atoms with Gasteiger partial charge in [-0.25, -0.2) is 9.07 Å². The number of nitrogens with zero attached hydrogens (tertiary/aromatic N) is 3. The van der Waals surface area contributed by atoms with Gasteiger partial charge in [0.05, 0.1) is 5.69 Å². The normalized spacial score (nSPS) is 11.3. The molecular formula is C18H17FN4. The Bertz CT molecular complexity index is 834. The average Bonchev–Trinajstić information content (AvgIpc) is 2.97. The maximum Gasteiger partial charge on any atom is 0.148 e. The highest BCUT2D eigenvalue weighted by atomic mass is 19.1. The number of para-hydroxylation sites is 1. The minimum absolute atomic E-state index is 0.238. The first-order valence-corrected chi connectivity index (χ1v) is 7.33. The zero-order valence-corrected chi connectivity index (χ0v) is 12.8. The molecule has 23 heavy (non-hydrogen) atoms. The molecule has 1 heterocycles. The molecule has 0 bridgehead atoms. The van der Waals surface area contributed by atoms with E-state index in [-0.39, 0.29) is 12.4 Å². The maximum atomic E-state index is 14.0. The zero-order chi connectivity index (χ0) is 16.2. The highest BCUT2D eigenvalue weighted by Crippen LogP contribution is 2.18. The number of benzene rings is 2. The van der Waals surface area contributed by atoms with E-state index in [4.69, 9.17) is 5.73 Å². The fraction of sp³-hybridized carbons (Fsp3) is 0.111. The molecule has 5 heteroatoms. The Balaban J connectivity index is 2.03. The number of hydrogen-bond donors (Lipinski definition) is 1. The lowest BCUT2D eigenvalue weighted by molar-refractivity contribution is 0.606. The molecule has 3 rings (SSSR count). The molecule has 1 aromatic heterocycles. The van der Waals surface area contributed by atoms with Gasteiger partial charge in [0, 0.05) is 6.54 Å². The number of aromatic nitrogens is 3. The van der Waals surface area contributed by atoms with Crippen molar-refractivity contribution in [2.45, 2.75) is 13.5 Å². The smallest absolute Gasteiger partial charge is 0.148 e. The van der Waals surface area contributed by atoms with E-state index in [2.05, 4.69) is 10.3 Å². The highest BCUT2D eigenvalue weighted by molar-refractivity contribution is 5.70. The van der Waals surface area contributed by atoms with Crippen LogP contribution in [0, 0.1) is 12.7 Å². The lowest BCUT2D eigenvalue weighted by Gasteiger charge is -2.05. The summed E-state index contributed by atoms with van der Waals surface area (Å²) >= 11 is 0.